The predicted octanol–water partition coefficient (Wildman–Crippen LogP) is 2.14. The molecule has 0 spiro atoms. The molecule has 1 N–H and O–H groups in total. The number of nitrogens with zero attached hydrogens (tertiary/aromatic N) is 2. The molecule has 0 atom stereocenters. The van der Waals surface area contributed by atoms with Crippen LogP contribution < -0.4 is 5.43 Å². The lowest BCUT2D eigenvalue weighted by Gasteiger charge is -2.21. The molecule has 0 saturated heterocycles. The molecule has 1 heterocycles. The minimum Gasteiger partial charge on any atom is -0.503 e. The zero-order valence-electron chi connectivity index (χ0n) is 13.0. The Morgan fingerprint density at radius 1 is 1.39 bits per heavy atom. The highest BCUT2D eigenvalue weighted by molar-refractivity contribution is 5.25. The Labute approximate surface area is 134 Å². The van der Waals surface area contributed by atoms with Gasteiger partial charge in [0, 0.05) is 31.9 Å². The van der Waals surface area contributed by atoms with E-state index in [1.807, 2.05) is 11.0 Å². The van der Waals surface area contributed by atoms with E-state index < -0.39 is 0 Å². The van der Waals surface area contributed by atoms with Gasteiger partial charge in [0.05, 0.1) is 12.2 Å². The fourth-order valence-corrected chi connectivity index (χ4v) is 2.39. The summed E-state index contributed by atoms with van der Waals surface area (Å²) in [7, 11) is 0. The van der Waals surface area contributed by atoms with Crippen LogP contribution in [0.2, 0.25) is 0 Å². The molecule has 0 fully saturated rings. The number of aromatic hydroxyl groups is 1. The highest BCUT2D eigenvalue weighted by Crippen LogP contribution is 2.11. The van der Waals surface area contributed by atoms with Gasteiger partial charge in [-0.05, 0) is 24.6 Å². The maximum Gasteiger partial charge on any atom is 0.223 e. The summed E-state index contributed by atoms with van der Waals surface area (Å²) in [6, 6.07) is 7.74. The molecule has 0 saturated carbocycles. The molecular formula is C18H19FN2O2. The summed E-state index contributed by atoms with van der Waals surface area (Å²) < 4.78 is 15.1. The number of hydrogen-bond donors (Lipinski definition) is 1. The van der Waals surface area contributed by atoms with Crippen LogP contribution >= 0.6 is 0 Å². The molecule has 0 aliphatic carbocycles. The lowest BCUT2D eigenvalue weighted by atomic mass is 10.2. The Balaban J connectivity index is 2.07. The zero-order chi connectivity index (χ0) is 16.8. The van der Waals surface area contributed by atoms with Crippen LogP contribution in [0.5, 0.6) is 5.75 Å². The second-order valence-electron chi connectivity index (χ2n) is 5.35. The molecule has 2 rings (SSSR count). The third-order valence-corrected chi connectivity index (χ3v) is 3.68. The van der Waals surface area contributed by atoms with E-state index >= 15 is 0 Å². The van der Waals surface area contributed by atoms with Crippen molar-refractivity contribution in [3.63, 3.8) is 0 Å². The zero-order valence-corrected chi connectivity index (χ0v) is 13.0. The van der Waals surface area contributed by atoms with Gasteiger partial charge in [-0.25, -0.2) is 4.39 Å². The quantitative estimate of drug-likeness (QED) is 0.831. The predicted molar refractivity (Wildman–Crippen MR) is 87.6 cm³/mol. The van der Waals surface area contributed by atoms with E-state index in [9.17, 15) is 14.3 Å². The van der Waals surface area contributed by atoms with E-state index in [4.69, 9.17) is 6.42 Å². The molecular weight excluding hydrogens is 295 g/mol. The van der Waals surface area contributed by atoms with Crippen molar-refractivity contribution in [3.8, 4) is 18.1 Å². The van der Waals surface area contributed by atoms with Gasteiger partial charge >= 0.3 is 0 Å². The van der Waals surface area contributed by atoms with E-state index in [0.717, 1.165) is 5.56 Å². The molecule has 0 unspecified atom stereocenters. The number of rotatable bonds is 6. The largest absolute Gasteiger partial charge is 0.503 e. The molecule has 120 valence electrons. The number of benzene rings is 1. The number of halogens is 1. The van der Waals surface area contributed by atoms with Gasteiger partial charge in [0.1, 0.15) is 5.82 Å². The van der Waals surface area contributed by atoms with Gasteiger partial charge in [-0.15, -0.1) is 6.42 Å². The van der Waals surface area contributed by atoms with Gasteiger partial charge < -0.3 is 9.67 Å². The number of pyridine rings is 1. The maximum absolute atomic E-state index is 13.3. The van der Waals surface area contributed by atoms with Gasteiger partial charge in [-0.1, -0.05) is 18.1 Å². The molecule has 5 heteroatoms. The summed E-state index contributed by atoms with van der Waals surface area (Å²) in [4.78, 5) is 13.4. The van der Waals surface area contributed by atoms with Crippen LogP contribution in [0, 0.1) is 25.1 Å². The van der Waals surface area contributed by atoms with Crippen molar-refractivity contribution in [2.75, 3.05) is 13.1 Å². The van der Waals surface area contributed by atoms with Gasteiger partial charge in [-0.3, -0.25) is 9.69 Å². The van der Waals surface area contributed by atoms with Crippen LogP contribution in [0.15, 0.2) is 41.3 Å². The average Bonchev–Trinajstić information content (AvgIpc) is 2.52. The summed E-state index contributed by atoms with van der Waals surface area (Å²) >= 11 is 0. The topological polar surface area (TPSA) is 45.5 Å². The first-order valence-corrected chi connectivity index (χ1v) is 7.30. The summed E-state index contributed by atoms with van der Waals surface area (Å²) in [6.45, 7) is 3.84. The Hall–Kier alpha value is -2.58. The fourth-order valence-electron chi connectivity index (χ4n) is 2.39. The molecule has 23 heavy (non-hydrogen) atoms. The second-order valence-corrected chi connectivity index (χ2v) is 5.35. The Kier molecular flexibility index (Phi) is 5.56. The van der Waals surface area contributed by atoms with Crippen LogP contribution in [-0.4, -0.2) is 27.7 Å². The average molecular weight is 314 g/mol. The molecule has 1 aromatic heterocycles. The molecule has 0 radical (unpaired) electrons. The first-order valence-electron chi connectivity index (χ1n) is 7.30. The van der Waals surface area contributed by atoms with E-state index in [1.54, 1.807) is 23.8 Å². The van der Waals surface area contributed by atoms with E-state index in [-0.39, 0.29) is 17.0 Å². The molecule has 2 aromatic rings. The van der Waals surface area contributed by atoms with Crippen LogP contribution in [0.25, 0.3) is 0 Å². The van der Waals surface area contributed by atoms with Crippen molar-refractivity contribution < 1.29 is 9.50 Å². The SMILES string of the molecule is C#CCN(CCn1ccc(=O)c(O)c1C)Cc1cccc(F)c1. The van der Waals surface area contributed by atoms with Crippen LogP contribution in [0.1, 0.15) is 11.3 Å². The smallest absolute Gasteiger partial charge is 0.223 e. The molecule has 0 aliphatic heterocycles. The first kappa shape index (κ1) is 16.8. The van der Waals surface area contributed by atoms with Crippen molar-refractivity contribution in [1.82, 2.24) is 9.47 Å². The van der Waals surface area contributed by atoms with Crippen molar-refractivity contribution in [2.24, 2.45) is 0 Å². The van der Waals surface area contributed by atoms with Crippen LogP contribution in [0.4, 0.5) is 4.39 Å². The lowest BCUT2D eigenvalue weighted by Crippen LogP contribution is -2.28. The van der Waals surface area contributed by atoms with Gasteiger partial charge in [0.2, 0.25) is 5.43 Å². The summed E-state index contributed by atoms with van der Waals surface area (Å²) in [5, 5.41) is 9.70. The number of terminal acetylenes is 1. The van der Waals surface area contributed by atoms with Gasteiger partial charge in [0.15, 0.2) is 5.75 Å². The van der Waals surface area contributed by atoms with Crippen LogP contribution in [-0.2, 0) is 13.1 Å². The summed E-state index contributed by atoms with van der Waals surface area (Å²) in [5.74, 6) is 2.09. The van der Waals surface area contributed by atoms with Gasteiger partial charge in [-0.2, -0.15) is 0 Å². The fraction of sp³-hybridized carbons (Fsp3) is 0.278. The third-order valence-electron chi connectivity index (χ3n) is 3.68. The van der Waals surface area contributed by atoms with E-state index in [0.29, 0.717) is 31.9 Å². The van der Waals surface area contributed by atoms with E-state index in [2.05, 4.69) is 5.92 Å². The highest BCUT2D eigenvalue weighted by atomic mass is 19.1. The van der Waals surface area contributed by atoms with Crippen molar-refractivity contribution in [1.29, 1.82) is 0 Å². The molecule has 0 amide bonds. The normalized spacial score (nSPS) is 10.7. The minimum atomic E-state index is -0.390. The van der Waals surface area contributed by atoms with Gasteiger partial charge in [0.25, 0.3) is 0 Å². The third kappa shape index (κ3) is 4.44. The minimum absolute atomic E-state index is 0.235. The lowest BCUT2D eigenvalue weighted by molar-refractivity contribution is 0.283. The standard InChI is InChI=1S/C18H19FN2O2/c1-3-8-20(13-15-5-4-6-16(19)12-15)10-11-21-9-7-17(22)18(23)14(21)2/h1,4-7,9,12,23H,8,10-11,13H2,2H3. The second kappa shape index (κ2) is 7.61. The Morgan fingerprint density at radius 3 is 2.87 bits per heavy atom. The molecule has 1 aromatic carbocycles. The maximum atomic E-state index is 13.3. The Morgan fingerprint density at radius 2 is 2.17 bits per heavy atom. The van der Waals surface area contributed by atoms with Crippen molar-refractivity contribution in [2.45, 2.75) is 20.0 Å². The molecule has 4 nitrogen and oxygen atoms in total. The monoisotopic (exact) mass is 314 g/mol. The highest BCUT2D eigenvalue weighted by Gasteiger charge is 2.09. The van der Waals surface area contributed by atoms with E-state index in [1.165, 1.54) is 18.2 Å². The number of aromatic nitrogens is 1. The summed E-state index contributed by atoms with van der Waals surface area (Å²) in [5.41, 5.74) is 0.975. The summed E-state index contributed by atoms with van der Waals surface area (Å²) in [6.07, 6.45) is 7.05. The van der Waals surface area contributed by atoms with Crippen molar-refractivity contribution >= 4 is 0 Å². The Bertz CT molecular complexity index is 777. The molecule has 0 aliphatic rings. The molecule has 0 bridgehead atoms. The van der Waals surface area contributed by atoms with Crippen LogP contribution in [0.3, 0.4) is 0 Å². The first-order chi connectivity index (χ1) is 11.0. The number of hydrogen-bond acceptors (Lipinski definition) is 3. The van der Waals surface area contributed by atoms with Crippen molar-refractivity contribution in [3.05, 3.63) is 63.8 Å².